The minimum Gasteiger partial charge on any atom is -0.383 e. The van der Waals surface area contributed by atoms with Crippen LogP contribution in [0.1, 0.15) is 13.3 Å². The fourth-order valence-corrected chi connectivity index (χ4v) is 1.38. The number of ether oxygens (including phenoxy) is 1. The first-order chi connectivity index (χ1) is 7.17. The molecule has 5 nitrogen and oxygen atoms in total. The predicted molar refractivity (Wildman–Crippen MR) is 60.6 cm³/mol. The van der Waals surface area contributed by atoms with Gasteiger partial charge < -0.3 is 15.8 Å². The molecule has 0 aromatic heterocycles. The highest BCUT2D eigenvalue weighted by molar-refractivity contribution is 5.80. The third kappa shape index (κ3) is 5.71. The average Bonchev–Trinajstić information content (AvgIpc) is 2.27. The summed E-state index contributed by atoms with van der Waals surface area (Å²) in [6.45, 7) is 4.75. The molecule has 0 aromatic carbocycles. The van der Waals surface area contributed by atoms with E-state index in [0.29, 0.717) is 13.2 Å². The fraction of sp³-hybridized carbons (Fsp3) is 0.900. The summed E-state index contributed by atoms with van der Waals surface area (Å²) in [6.07, 6.45) is 0.894. The van der Waals surface area contributed by atoms with Gasteiger partial charge in [-0.2, -0.15) is 0 Å². The van der Waals surface area contributed by atoms with E-state index in [4.69, 9.17) is 10.5 Å². The number of nitrogens with two attached hydrogens (primary N) is 1. The molecule has 0 rings (SSSR count). The Labute approximate surface area is 91.9 Å². The van der Waals surface area contributed by atoms with Crippen molar-refractivity contribution < 1.29 is 9.53 Å². The molecule has 0 aliphatic rings. The minimum absolute atomic E-state index is 0.0307. The number of carbonyl (C=O) groups excluding carboxylic acids is 1. The summed E-state index contributed by atoms with van der Waals surface area (Å²) in [5, 5.41) is 2.65. The van der Waals surface area contributed by atoms with Crippen LogP contribution in [0.3, 0.4) is 0 Å². The molecule has 0 saturated heterocycles. The van der Waals surface area contributed by atoms with E-state index in [1.807, 2.05) is 6.92 Å². The summed E-state index contributed by atoms with van der Waals surface area (Å²) < 4.78 is 5.01. The van der Waals surface area contributed by atoms with Gasteiger partial charge in [0.2, 0.25) is 5.91 Å². The van der Waals surface area contributed by atoms with Gasteiger partial charge in [0.15, 0.2) is 0 Å². The number of methoxy groups -OCH3 is 1. The molecule has 0 bridgehead atoms. The molecule has 0 radical (unpaired) electrons. The molecule has 1 atom stereocenters. The Balaban J connectivity index is 4.12. The predicted octanol–water partition coefficient (Wildman–Crippen LogP) is -0.582. The lowest BCUT2D eigenvalue weighted by Crippen LogP contribution is -2.46. The monoisotopic (exact) mass is 217 g/mol. The van der Waals surface area contributed by atoms with Gasteiger partial charge in [0, 0.05) is 27.2 Å². The van der Waals surface area contributed by atoms with Crippen molar-refractivity contribution >= 4 is 5.91 Å². The van der Waals surface area contributed by atoms with Crippen molar-refractivity contribution in [2.45, 2.75) is 19.4 Å². The number of amides is 1. The van der Waals surface area contributed by atoms with Gasteiger partial charge in [-0.25, -0.2) is 0 Å². The summed E-state index contributed by atoms with van der Waals surface area (Å²) in [6, 6.07) is -0.128. The first-order valence-electron chi connectivity index (χ1n) is 5.32. The molecule has 1 unspecified atom stereocenters. The normalized spacial score (nSPS) is 12.9. The maximum Gasteiger partial charge on any atom is 0.236 e. The van der Waals surface area contributed by atoms with Crippen LogP contribution in [0.4, 0.5) is 0 Å². The number of carbonyl (C=O) groups is 1. The number of rotatable bonds is 8. The molecule has 3 N–H and O–H groups in total. The van der Waals surface area contributed by atoms with Gasteiger partial charge in [-0.15, -0.1) is 0 Å². The smallest absolute Gasteiger partial charge is 0.236 e. The summed E-state index contributed by atoms with van der Waals surface area (Å²) in [4.78, 5) is 13.5. The Morgan fingerprint density at radius 1 is 1.53 bits per heavy atom. The number of hydrogen-bond donors (Lipinski definition) is 2. The molecule has 0 spiro atoms. The molecular formula is C10H23N3O2. The molecule has 0 heterocycles. The maximum absolute atomic E-state index is 11.5. The molecule has 90 valence electrons. The Morgan fingerprint density at radius 2 is 2.20 bits per heavy atom. The van der Waals surface area contributed by atoms with Crippen molar-refractivity contribution in [2.75, 3.05) is 40.4 Å². The number of hydrogen-bond acceptors (Lipinski definition) is 4. The van der Waals surface area contributed by atoms with Gasteiger partial charge in [-0.1, -0.05) is 0 Å². The Morgan fingerprint density at radius 3 is 2.67 bits per heavy atom. The average molecular weight is 217 g/mol. The van der Waals surface area contributed by atoms with E-state index in [-0.39, 0.29) is 11.9 Å². The summed E-state index contributed by atoms with van der Waals surface area (Å²) in [5.41, 5.74) is 5.46. The van der Waals surface area contributed by atoms with Gasteiger partial charge in [0.05, 0.1) is 12.6 Å². The van der Waals surface area contributed by atoms with E-state index in [1.165, 1.54) is 0 Å². The minimum atomic E-state index is -0.128. The highest BCUT2D eigenvalue weighted by Gasteiger charge is 2.18. The van der Waals surface area contributed by atoms with Gasteiger partial charge in [0.25, 0.3) is 0 Å². The standard InChI is InChI=1S/C10H23N3O2/c1-9(10(14)12-2)13(6-4-5-11)7-8-15-3/h9H,4-8,11H2,1-3H3,(H,12,14). The van der Waals surface area contributed by atoms with Crippen molar-refractivity contribution in [1.82, 2.24) is 10.2 Å². The van der Waals surface area contributed by atoms with E-state index < -0.39 is 0 Å². The second kappa shape index (κ2) is 8.64. The second-order valence-electron chi connectivity index (χ2n) is 3.46. The second-order valence-corrected chi connectivity index (χ2v) is 3.46. The maximum atomic E-state index is 11.5. The summed E-state index contributed by atoms with van der Waals surface area (Å²) >= 11 is 0. The lowest BCUT2D eigenvalue weighted by atomic mass is 10.2. The zero-order chi connectivity index (χ0) is 11.7. The van der Waals surface area contributed by atoms with Crippen molar-refractivity contribution in [2.24, 2.45) is 5.73 Å². The number of nitrogens with zero attached hydrogens (tertiary/aromatic N) is 1. The topological polar surface area (TPSA) is 67.6 Å². The van der Waals surface area contributed by atoms with Crippen LogP contribution in [-0.4, -0.2) is 57.2 Å². The molecule has 0 aliphatic carbocycles. The molecule has 1 amide bonds. The van der Waals surface area contributed by atoms with Crippen LogP contribution in [0.2, 0.25) is 0 Å². The Bertz CT molecular complexity index is 168. The molecule has 15 heavy (non-hydrogen) atoms. The largest absolute Gasteiger partial charge is 0.383 e. The van der Waals surface area contributed by atoms with Crippen LogP contribution < -0.4 is 11.1 Å². The molecule has 5 heteroatoms. The zero-order valence-electron chi connectivity index (χ0n) is 9.95. The van der Waals surface area contributed by atoms with E-state index in [0.717, 1.165) is 19.5 Å². The van der Waals surface area contributed by atoms with Crippen molar-refractivity contribution in [1.29, 1.82) is 0 Å². The van der Waals surface area contributed by atoms with Crippen molar-refractivity contribution in [3.63, 3.8) is 0 Å². The number of likely N-dealkylation sites (N-methyl/N-ethyl adjacent to an activating group) is 1. The van der Waals surface area contributed by atoms with Gasteiger partial charge in [0.1, 0.15) is 0 Å². The van der Waals surface area contributed by atoms with E-state index in [1.54, 1.807) is 14.2 Å². The summed E-state index contributed by atoms with van der Waals surface area (Å²) in [7, 11) is 3.31. The van der Waals surface area contributed by atoms with Crippen molar-refractivity contribution in [3.05, 3.63) is 0 Å². The first-order valence-corrected chi connectivity index (χ1v) is 5.32. The highest BCUT2D eigenvalue weighted by Crippen LogP contribution is 2.00. The zero-order valence-corrected chi connectivity index (χ0v) is 9.95. The molecular weight excluding hydrogens is 194 g/mol. The lowest BCUT2D eigenvalue weighted by molar-refractivity contribution is -0.125. The van der Waals surface area contributed by atoms with Crippen LogP contribution in [0.5, 0.6) is 0 Å². The molecule has 0 saturated carbocycles. The van der Waals surface area contributed by atoms with E-state index in [2.05, 4.69) is 10.2 Å². The SMILES string of the molecule is CNC(=O)C(C)N(CCCN)CCOC. The number of nitrogens with one attached hydrogen (secondary N) is 1. The van der Waals surface area contributed by atoms with Gasteiger partial charge in [-0.05, 0) is 19.9 Å². The van der Waals surface area contributed by atoms with Gasteiger partial charge >= 0.3 is 0 Å². The van der Waals surface area contributed by atoms with Crippen LogP contribution in [-0.2, 0) is 9.53 Å². The first kappa shape index (κ1) is 14.3. The van der Waals surface area contributed by atoms with Crippen LogP contribution in [0.25, 0.3) is 0 Å². The van der Waals surface area contributed by atoms with Crippen LogP contribution in [0.15, 0.2) is 0 Å². The fourth-order valence-electron chi connectivity index (χ4n) is 1.38. The highest BCUT2D eigenvalue weighted by atomic mass is 16.5. The molecule has 0 fully saturated rings. The van der Waals surface area contributed by atoms with Gasteiger partial charge in [-0.3, -0.25) is 9.69 Å². The van der Waals surface area contributed by atoms with E-state index in [9.17, 15) is 4.79 Å². The Hall–Kier alpha value is -0.650. The van der Waals surface area contributed by atoms with Crippen LogP contribution in [0, 0.1) is 0 Å². The summed E-state index contributed by atoms with van der Waals surface area (Å²) in [5.74, 6) is 0.0307. The van der Waals surface area contributed by atoms with E-state index >= 15 is 0 Å². The third-order valence-corrected chi connectivity index (χ3v) is 2.41. The Kier molecular flexibility index (Phi) is 8.27. The molecule has 0 aromatic rings. The third-order valence-electron chi connectivity index (χ3n) is 2.41. The quantitative estimate of drug-likeness (QED) is 0.571. The molecule has 0 aliphatic heterocycles. The van der Waals surface area contributed by atoms with Crippen LogP contribution >= 0.6 is 0 Å². The van der Waals surface area contributed by atoms with Crippen molar-refractivity contribution in [3.8, 4) is 0 Å². The lowest BCUT2D eigenvalue weighted by Gasteiger charge is -2.27.